The zero-order chi connectivity index (χ0) is 58.3. The highest BCUT2D eigenvalue weighted by Crippen LogP contribution is 2.43. The van der Waals surface area contributed by atoms with E-state index in [2.05, 4.69) is 142 Å². The summed E-state index contributed by atoms with van der Waals surface area (Å²) in [5.74, 6) is -1.60. The van der Waals surface area contributed by atoms with E-state index < -0.39 is 57.8 Å². The molecule has 0 amide bonds. The fraction of sp³-hybridized carbons (Fsp3) is 0.632. The van der Waals surface area contributed by atoms with Crippen molar-refractivity contribution in [1.29, 1.82) is 0 Å². The molecular formula is C68H111O11P. The molecule has 0 spiro atoms. The van der Waals surface area contributed by atoms with Gasteiger partial charge in [-0.2, -0.15) is 0 Å². The standard InChI is InChI=1S/C68H111O11P/c1-4-7-10-13-16-19-22-25-28-30-32-34-37-39-42-45-48-51-54-57-66(70)75-61-65(79-68(72)59-56-53-50-47-44-41-38-35-33-31-29-26-23-20-17-14-11-8-5-2)63-77-80(73,74)76-62-64(60-69)78-67(71)58-55-52-49-46-43-40-36-27-24-21-18-15-12-9-6-3/h7-8,10-11,16-17,19-20,25-29,32-36,39,42,48,51,64-65,69H,4-6,9,12-15,18,21-24,30-31,37-38,40-41,43-47,49-50,52-63H2,1-3H3,(H,73,74)/b10-7-,11-8-,19-16-,20-17-,28-25-,29-26-,34-32-,35-33-,36-27-,42-39-,51-48-. The van der Waals surface area contributed by atoms with Crippen molar-refractivity contribution in [2.24, 2.45) is 0 Å². The summed E-state index contributed by atoms with van der Waals surface area (Å²) >= 11 is 0. The van der Waals surface area contributed by atoms with Crippen LogP contribution in [0.15, 0.2) is 134 Å². The first kappa shape index (κ1) is 75.6. The molecule has 0 aromatic heterocycles. The number of carbonyl (C=O) groups excluding carboxylic acids is 3. The Morgan fingerprint density at radius 3 is 1.06 bits per heavy atom. The summed E-state index contributed by atoms with van der Waals surface area (Å²) in [5, 5.41) is 9.84. The van der Waals surface area contributed by atoms with Gasteiger partial charge in [0.15, 0.2) is 6.10 Å². The minimum absolute atomic E-state index is 0.0905. The van der Waals surface area contributed by atoms with Crippen LogP contribution in [0.25, 0.3) is 0 Å². The molecule has 0 bridgehead atoms. The molecule has 0 radical (unpaired) electrons. The fourth-order valence-corrected chi connectivity index (χ4v) is 8.68. The van der Waals surface area contributed by atoms with Crippen molar-refractivity contribution in [3.63, 3.8) is 0 Å². The Morgan fingerprint density at radius 1 is 0.362 bits per heavy atom. The van der Waals surface area contributed by atoms with Gasteiger partial charge in [0.1, 0.15) is 12.7 Å². The van der Waals surface area contributed by atoms with Crippen LogP contribution in [0.5, 0.6) is 0 Å². The molecule has 0 heterocycles. The van der Waals surface area contributed by atoms with Gasteiger partial charge in [-0.3, -0.25) is 23.4 Å². The van der Waals surface area contributed by atoms with Gasteiger partial charge in [-0.25, -0.2) is 4.57 Å². The van der Waals surface area contributed by atoms with E-state index in [4.69, 9.17) is 23.3 Å². The Morgan fingerprint density at radius 2 is 0.675 bits per heavy atom. The second-order valence-corrected chi connectivity index (χ2v) is 21.6. The molecule has 0 aliphatic heterocycles. The van der Waals surface area contributed by atoms with Gasteiger partial charge in [0, 0.05) is 19.3 Å². The van der Waals surface area contributed by atoms with Gasteiger partial charge in [-0.05, 0) is 122 Å². The summed E-state index contributed by atoms with van der Waals surface area (Å²) in [6.45, 7) is 4.30. The lowest BCUT2D eigenvalue weighted by Crippen LogP contribution is -2.30. The van der Waals surface area contributed by atoms with E-state index in [1.54, 1.807) is 0 Å². The minimum Gasteiger partial charge on any atom is -0.462 e. The fourth-order valence-electron chi connectivity index (χ4n) is 7.90. The average molecular weight is 1140 g/mol. The molecule has 0 fully saturated rings. The Labute approximate surface area is 487 Å². The van der Waals surface area contributed by atoms with Crippen LogP contribution < -0.4 is 0 Å². The second-order valence-electron chi connectivity index (χ2n) is 20.1. The molecule has 0 aliphatic rings. The van der Waals surface area contributed by atoms with Crippen LogP contribution in [0.1, 0.15) is 239 Å². The monoisotopic (exact) mass is 1130 g/mol. The molecule has 0 saturated carbocycles. The predicted octanol–water partition coefficient (Wildman–Crippen LogP) is 18.9. The molecule has 12 heteroatoms. The van der Waals surface area contributed by atoms with Crippen LogP contribution in [0, 0.1) is 0 Å². The zero-order valence-corrected chi connectivity index (χ0v) is 51.1. The number of unbranched alkanes of at least 4 members (excludes halogenated alkanes) is 17. The zero-order valence-electron chi connectivity index (χ0n) is 50.2. The lowest BCUT2D eigenvalue weighted by atomic mass is 10.1. The normalized spacial score (nSPS) is 14.2. The highest BCUT2D eigenvalue weighted by atomic mass is 31.2. The van der Waals surface area contributed by atoms with E-state index >= 15 is 0 Å². The summed E-state index contributed by atoms with van der Waals surface area (Å²) < 4.78 is 39.5. The van der Waals surface area contributed by atoms with Crippen LogP contribution in [-0.4, -0.2) is 66.5 Å². The third-order valence-corrected chi connectivity index (χ3v) is 13.5. The van der Waals surface area contributed by atoms with Crippen molar-refractivity contribution < 1.29 is 52.2 Å². The Bertz CT molecular complexity index is 1850. The Balaban J connectivity index is 4.87. The van der Waals surface area contributed by atoms with Gasteiger partial charge in [-0.15, -0.1) is 0 Å². The number of hydrogen-bond donors (Lipinski definition) is 2. The van der Waals surface area contributed by atoms with Crippen LogP contribution >= 0.6 is 7.82 Å². The van der Waals surface area contributed by atoms with E-state index in [9.17, 15) is 28.9 Å². The maximum Gasteiger partial charge on any atom is 0.472 e. The first-order chi connectivity index (χ1) is 39.2. The number of rotatable bonds is 56. The molecule has 0 saturated heterocycles. The van der Waals surface area contributed by atoms with E-state index in [0.717, 1.165) is 141 Å². The molecule has 3 atom stereocenters. The summed E-state index contributed by atoms with van der Waals surface area (Å²) in [6.07, 6.45) is 77.0. The van der Waals surface area contributed by atoms with Gasteiger partial charge in [0.2, 0.25) is 0 Å². The van der Waals surface area contributed by atoms with Crippen LogP contribution in [-0.2, 0) is 42.2 Å². The third-order valence-electron chi connectivity index (χ3n) is 12.6. The molecule has 0 aromatic carbocycles. The van der Waals surface area contributed by atoms with E-state index in [1.807, 2.05) is 12.2 Å². The van der Waals surface area contributed by atoms with E-state index in [1.165, 1.54) is 38.5 Å². The maximum absolute atomic E-state index is 12.9. The molecular weight excluding hydrogens is 1020 g/mol. The maximum atomic E-state index is 12.9. The van der Waals surface area contributed by atoms with Gasteiger partial charge in [0.05, 0.1) is 19.8 Å². The quantitative estimate of drug-likeness (QED) is 0.0197. The molecule has 0 rings (SSSR count). The second kappa shape index (κ2) is 60.7. The van der Waals surface area contributed by atoms with Gasteiger partial charge in [0.25, 0.3) is 0 Å². The first-order valence-corrected chi connectivity index (χ1v) is 32.6. The van der Waals surface area contributed by atoms with E-state index in [0.29, 0.717) is 19.3 Å². The third kappa shape index (κ3) is 58.3. The smallest absolute Gasteiger partial charge is 0.462 e. The lowest BCUT2D eigenvalue weighted by molar-refractivity contribution is -0.161. The Hall–Kier alpha value is -4.38. The highest BCUT2D eigenvalue weighted by molar-refractivity contribution is 7.47. The summed E-state index contributed by atoms with van der Waals surface area (Å²) in [7, 11) is -4.78. The lowest BCUT2D eigenvalue weighted by Gasteiger charge is -2.21. The molecule has 3 unspecified atom stereocenters. The van der Waals surface area contributed by atoms with Gasteiger partial charge >= 0.3 is 25.7 Å². The highest BCUT2D eigenvalue weighted by Gasteiger charge is 2.28. The number of aliphatic hydroxyl groups is 1. The van der Waals surface area contributed by atoms with Crippen molar-refractivity contribution in [3.8, 4) is 0 Å². The van der Waals surface area contributed by atoms with Gasteiger partial charge < -0.3 is 24.2 Å². The molecule has 2 N–H and O–H groups in total. The van der Waals surface area contributed by atoms with Crippen molar-refractivity contribution in [2.45, 2.75) is 251 Å². The topological polar surface area (TPSA) is 155 Å². The number of aliphatic hydroxyl groups excluding tert-OH is 1. The molecule has 11 nitrogen and oxygen atoms in total. The van der Waals surface area contributed by atoms with Crippen LogP contribution in [0.3, 0.4) is 0 Å². The Kier molecular flexibility index (Phi) is 57.4. The average Bonchev–Trinajstić information content (AvgIpc) is 3.45. The molecule has 0 aromatic rings. The van der Waals surface area contributed by atoms with Crippen molar-refractivity contribution in [3.05, 3.63) is 134 Å². The minimum atomic E-state index is -4.78. The molecule has 0 aliphatic carbocycles. The number of phosphoric acid groups is 1. The number of phosphoric ester groups is 1. The number of esters is 3. The van der Waals surface area contributed by atoms with Crippen LogP contribution in [0.2, 0.25) is 0 Å². The first-order valence-electron chi connectivity index (χ1n) is 31.1. The van der Waals surface area contributed by atoms with Crippen molar-refractivity contribution >= 4 is 25.7 Å². The number of hydrogen-bond acceptors (Lipinski definition) is 10. The predicted molar refractivity (Wildman–Crippen MR) is 334 cm³/mol. The van der Waals surface area contributed by atoms with Crippen molar-refractivity contribution in [2.75, 3.05) is 26.4 Å². The van der Waals surface area contributed by atoms with Crippen molar-refractivity contribution in [1.82, 2.24) is 0 Å². The number of ether oxygens (including phenoxy) is 3. The number of allylic oxidation sites excluding steroid dienone is 22. The molecule has 454 valence electrons. The summed E-state index contributed by atoms with van der Waals surface area (Å²) in [6, 6.07) is 0. The van der Waals surface area contributed by atoms with Gasteiger partial charge in [-0.1, -0.05) is 231 Å². The van der Waals surface area contributed by atoms with E-state index in [-0.39, 0.29) is 25.9 Å². The largest absolute Gasteiger partial charge is 0.472 e. The number of carbonyl (C=O) groups is 3. The summed E-state index contributed by atoms with van der Waals surface area (Å²) in [5.41, 5.74) is 0. The van der Waals surface area contributed by atoms with Crippen LogP contribution in [0.4, 0.5) is 0 Å². The SMILES string of the molecule is CC/C=C\C/C=C\C/C=C\C/C=C\C/C=C\C/C=C\CCC(=O)OCC(COP(=O)(O)OCC(CO)OC(=O)CCCCCCC/C=C\CCCCCCCC)OC(=O)CCCCCCCC/C=C\C/C=C\C/C=C\C/C=C\CC. The molecule has 80 heavy (non-hydrogen) atoms. The summed E-state index contributed by atoms with van der Waals surface area (Å²) in [4.78, 5) is 48.7.